The maximum Gasteiger partial charge on any atom is 0.332 e. The van der Waals surface area contributed by atoms with E-state index in [0.717, 1.165) is 57.7 Å². The lowest BCUT2D eigenvalue weighted by Crippen LogP contribution is -2.23. The van der Waals surface area contributed by atoms with E-state index in [0.29, 0.717) is 12.2 Å². The van der Waals surface area contributed by atoms with Gasteiger partial charge in [-0.05, 0) is 66.5 Å². The smallest absolute Gasteiger partial charge is 0.332 e. The Hall–Kier alpha value is -3.83. The molecule has 4 nitrogen and oxygen atoms in total. The van der Waals surface area contributed by atoms with Crippen LogP contribution in [0.3, 0.4) is 0 Å². The van der Waals surface area contributed by atoms with Crippen molar-refractivity contribution in [3.63, 3.8) is 0 Å². The molecule has 2 aromatic carbocycles. The first-order chi connectivity index (χ1) is 18.2. The quantitative estimate of drug-likeness (QED) is 0.132. The molecule has 1 aromatic heterocycles. The Bertz CT molecular complexity index is 1330. The third-order valence-electron chi connectivity index (χ3n) is 6.39. The van der Waals surface area contributed by atoms with Gasteiger partial charge >= 0.3 is 5.97 Å². The van der Waals surface area contributed by atoms with Crippen LogP contribution in [0.2, 0.25) is 0 Å². The molecule has 2 N–H and O–H groups in total. The van der Waals surface area contributed by atoms with E-state index in [1.165, 1.54) is 11.3 Å². The van der Waals surface area contributed by atoms with Crippen LogP contribution in [0.4, 0.5) is 0 Å². The zero-order valence-electron chi connectivity index (χ0n) is 22.5. The van der Waals surface area contributed by atoms with Crippen molar-refractivity contribution in [3.8, 4) is 11.1 Å². The summed E-state index contributed by atoms with van der Waals surface area (Å²) >= 11 is 1.52. The average molecular weight is 528 g/mol. The number of carboxylic acids is 1. The first-order valence-electron chi connectivity index (χ1n) is 12.9. The van der Waals surface area contributed by atoms with Crippen LogP contribution < -0.4 is 0 Å². The topological polar surface area (TPSA) is 60.8 Å². The lowest BCUT2D eigenvalue weighted by Gasteiger charge is -2.29. The normalized spacial score (nSPS) is 12.1. The monoisotopic (exact) mass is 527 g/mol. The first-order valence-corrected chi connectivity index (χ1v) is 13.7. The second-order valence-corrected chi connectivity index (χ2v) is 10.5. The molecule has 3 aromatic rings. The molecule has 38 heavy (non-hydrogen) atoms. The van der Waals surface area contributed by atoms with E-state index < -0.39 is 5.97 Å². The number of benzene rings is 2. The summed E-state index contributed by atoms with van der Waals surface area (Å²) in [5, 5.41) is 22.6. The van der Waals surface area contributed by atoms with Gasteiger partial charge in [0.15, 0.2) is 0 Å². The highest BCUT2D eigenvalue weighted by Gasteiger charge is 2.19. The van der Waals surface area contributed by atoms with Gasteiger partial charge < -0.3 is 15.1 Å². The van der Waals surface area contributed by atoms with Gasteiger partial charge in [0.05, 0.1) is 5.70 Å². The number of unbranched alkanes of at least 4 members (excludes halogenated alkanes) is 1. The van der Waals surface area contributed by atoms with Gasteiger partial charge in [0.1, 0.15) is 5.76 Å². The number of aliphatic hydroxyl groups is 1. The highest BCUT2D eigenvalue weighted by molar-refractivity contribution is 7.09. The molecule has 0 spiro atoms. The molecule has 0 bridgehead atoms. The van der Waals surface area contributed by atoms with E-state index >= 15 is 0 Å². The predicted molar refractivity (Wildman–Crippen MR) is 160 cm³/mol. The lowest BCUT2D eigenvalue weighted by molar-refractivity contribution is -0.132. The van der Waals surface area contributed by atoms with Crippen molar-refractivity contribution in [1.29, 1.82) is 0 Å². The summed E-state index contributed by atoms with van der Waals surface area (Å²) in [4.78, 5) is 15.0. The molecule has 0 aliphatic carbocycles. The number of hydrogen-bond donors (Lipinski definition) is 2. The van der Waals surface area contributed by atoms with Crippen molar-refractivity contribution in [1.82, 2.24) is 4.90 Å². The molecule has 0 unspecified atom stereocenters. The van der Waals surface area contributed by atoms with Gasteiger partial charge in [-0.25, -0.2) is 4.79 Å². The maximum absolute atomic E-state index is 12.1. The standard InChI is InChI=1S/C33H37NO3S/c1-6-7-11-24(4)34(32(25(5)35)21-28(33(36)37)20-29-12-10-19-38-29)22-26-15-17-27(18-16-26)31-14-9-8-13-30(31)23(2)3/h8-10,12-19,21,35H,2,4,6-7,11,20,22H2,1,3,5H3,(H,36,37)/b28-21-,32-25+. The number of carboxylic acid groups (broad SMARTS) is 1. The van der Waals surface area contributed by atoms with Crippen LogP contribution in [0, 0.1) is 0 Å². The van der Waals surface area contributed by atoms with Crippen LogP contribution >= 0.6 is 11.3 Å². The molecule has 0 amide bonds. The van der Waals surface area contributed by atoms with Crippen LogP contribution in [0.5, 0.6) is 0 Å². The Labute approximate surface area is 230 Å². The molecule has 198 valence electrons. The van der Waals surface area contributed by atoms with Crippen LogP contribution in [0.25, 0.3) is 16.7 Å². The Morgan fingerprint density at radius 1 is 1.00 bits per heavy atom. The van der Waals surface area contributed by atoms with Crippen molar-refractivity contribution in [3.05, 3.63) is 124 Å². The van der Waals surface area contributed by atoms with Gasteiger partial charge in [0, 0.05) is 29.1 Å². The number of aliphatic hydroxyl groups excluding tert-OH is 1. The van der Waals surface area contributed by atoms with Crippen molar-refractivity contribution < 1.29 is 15.0 Å². The van der Waals surface area contributed by atoms with Crippen LogP contribution in [0.15, 0.2) is 108 Å². The number of thiophene rings is 1. The fourth-order valence-electron chi connectivity index (χ4n) is 4.29. The summed E-state index contributed by atoms with van der Waals surface area (Å²) in [6.07, 6.45) is 4.59. The summed E-state index contributed by atoms with van der Waals surface area (Å²) in [7, 11) is 0. The molecular weight excluding hydrogens is 490 g/mol. The zero-order chi connectivity index (χ0) is 27.7. The highest BCUT2D eigenvalue weighted by atomic mass is 32.1. The maximum atomic E-state index is 12.1. The fraction of sp³-hybridized carbons (Fsp3) is 0.242. The number of carbonyl (C=O) groups is 1. The third-order valence-corrected chi connectivity index (χ3v) is 7.26. The largest absolute Gasteiger partial charge is 0.510 e. The molecule has 1 heterocycles. The molecule has 0 aliphatic heterocycles. The molecule has 0 atom stereocenters. The molecule has 5 heteroatoms. The van der Waals surface area contributed by atoms with Crippen molar-refractivity contribution in [2.24, 2.45) is 0 Å². The van der Waals surface area contributed by atoms with Gasteiger partial charge in [-0.2, -0.15) is 0 Å². The summed E-state index contributed by atoms with van der Waals surface area (Å²) in [5.74, 6) is -0.948. The number of hydrogen-bond acceptors (Lipinski definition) is 4. The molecule has 0 fully saturated rings. The molecular formula is C33H37NO3S. The minimum atomic E-state index is -1.00. The minimum absolute atomic E-state index is 0.0552. The summed E-state index contributed by atoms with van der Waals surface area (Å²) in [6, 6.07) is 20.4. The predicted octanol–water partition coefficient (Wildman–Crippen LogP) is 9.00. The van der Waals surface area contributed by atoms with Gasteiger partial charge in [-0.15, -0.1) is 11.3 Å². The van der Waals surface area contributed by atoms with Crippen molar-refractivity contribution in [2.45, 2.75) is 53.0 Å². The van der Waals surface area contributed by atoms with Gasteiger partial charge in [-0.1, -0.05) is 86.7 Å². The molecule has 0 saturated carbocycles. The van der Waals surface area contributed by atoms with Crippen molar-refractivity contribution in [2.75, 3.05) is 0 Å². The summed E-state index contributed by atoms with van der Waals surface area (Å²) in [5.41, 5.74) is 6.90. The minimum Gasteiger partial charge on any atom is -0.510 e. The number of aliphatic carboxylic acids is 1. The zero-order valence-corrected chi connectivity index (χ0v) is 23.4. The lowest BCUT2D eigenvalue weighted by atomic mass is 9.95. The molecule has 0 saturated heterocycles. The Morgan fingerprint density at radius 2 is 1.71 bits per heavy atom. The van der Waals surface area contributed by atoms with E-state index in [2.05, 4.69) is 56.5 Å². The second kappa shape index (κ2) is 13.6. The Morgan fingerprint density at radius 3 is 2.29 bits per heavy atom. The Balaban J connectivity index is 1.97. The average Bonchev–Trinajstić information content (AvgIpc) is 3.42. The van der Waals surface area contributed by atoms with Gasteiger partial charge in [-0.3, -0.25) is 0 Å². The molecule has 3 rings (SSSR count). The van der Waals surface area contributed by atoms with Crippen LogP contribution in [-0.2, 0) is 17.8 Å². The van der Waals surface area contributed by atoms with Gasteiger partial charge in [0.25, 0.3) is 0 Å². The third kappa shape index (κ3) is 7.59. The van der Waals surface area contributed by atoms with E-state index in [-0.39, 0.29) is 17.8 Å². The SMILES string of the molecule is C=C(C)c1ccccc1-c1ccc(CN(C(=C)CCCC)C(/C=C(/Cc2cccs2)C(=O)O)=C(\C)O)cc1. The van der Waals surface area contributed by atoms with Gasteiger partial charge in [0.2, 0.25) is 0 Å². The van der Waals surface area contributed by atoms with Crippen LogP contribution in [-0.4, -0.2) is 21.1 Å². The number of allylic oxidation sites excluding steroid dienone is 4. The number of nitrogens with zero attached hydrogens (tertiary/aromatic N) is 1. The summed E-state index contributed by atoms with van der Waals surface area (Å²) < 4.78 is 0. The van der Waals surface area contributed by atoms with E-state index in [4.69, 9.17) is 0 Å². The van der Waals surface area contributed by atoms with E-state index in [9.17, 15) is 15.0 Å². The highest BCUT2D eigenvalue weighted by Crippen LogP contribution is 2.30. The first kappa shape index (κ1) is 28.7. The molecule has 0 aliphatic rings. The van der Waals surface area contributed by atoms with Crippen molar-refractivity contribution >= 4 is 22.9 Å². The van der Waals surface area contributed by atoms with E-state index in [1.54, 1.807) is 13.0 Å². The number of rotatable bonds is 13. The van der Waals surface area contributed by atoms with Crippen LogP contribution in [0.1, 0.15) is 56.0 Å². The Kier molecular flexibility index (Phi) is 10.3. The summed E-state index contributed by atoms with van der Waals surface area (Å²) in [6.45, 7) is 14.6. The molecule has 0 radical (unpaired) electrons. The second-order valence-electron chi connectivity index (χ2n) is 9.48. The fourth-order valence-corrected chi connectivity index (χ4v) is 5.02. The van der Waals surface area contributed by atoms with E-state index in [1.807, 2.05) is 41.5 Å².